The molecule has 0 aliphatic heterocycles. The number of hydrogen-bond donors (Lipinski definition) is 1. The van der Waals surface area contributed by atoms with Crippen LogP contribution in [0.15, 0.2) is 0 Å². The lowest BCUT2D eigenvalue weighted by Crippen LogP contribution is -2.30. The molecule has 0 aromatic heterocycles. The molecule has 0 spiro atoms. The summed E-state index contributed by atoms with van der Waals surface area (Å²) in [6, 6.07) is -0.0495. The van der Waals surface area contributed by atoms with Crippen molar-refractivity contribution in [2.45, 2.75) is 39.2 Å². The van der Waals surface area contributed by atoms with Crippen LogP contribution >= 0.6 is 0 Å². The standard InChI is InChI=1S/C8H16NO/c1-3-5-6-9-8(4-2)7-10/h8-9H,3-6H2,1-2H3. The first kappa shape index (κ1) is 9.63. The maximum absolute atomic E-state index is 10.1. The van der Waals surface area contributed by atoms with E-state index in [1.807, 2.05) is 13.2 Å². The van der Waals surface area contributed by atoms with E-state index in [4.69, 9.17) is 0 Å². The maximum Gasteiger partial charge on any atom is 0.216 e. The van der Waals surface area contributed by atoms with Crippen molar-refractivity contribution in [2.24, 2.45) is 0 Å². The van der Waals surface area contributed by atoms with Crippen LogP contribution in [0.1, 0.15) is 33.1 Å². The fourth-order valence-corrected chi connectivity index (χ4v) is 0.722. The molecule has 0 aliphatic carbocycles. The van der Waals surface area contributed by atoms with Crippen molar-refractivity contribution in [3.05, 3.63) is 0 Å². The normalized spacial score (nSPS) is 13.0. The van der Waals surface area contributed by atoms with Crippen LogP contribution in [-0.2, 0) is 4.79 Å². The fraction of sp³-hybridized carbons (Fsp3) is 0.875. The Bertz CT molecular complexity index is 83.3. The van der Waals surface area contributed by atoms with E-state index in [9.17, 15) is 4.79 Å². The van der Waals surface area contributed by atoms with Gasteiger partial charge in [0.25, 0.3) is 0 Å². The molecule has 2 heteroatoms. The van der Waals surface area contributed by atoms with Crippen LogP contribution in [0.2, 0.25) is 0 Å². The topological polar surface area (TPSA) is 29.1 Å². The lowest BCUT2D eigenvalue weighted by molar-refractivity contribution is 0.504. The average Bonchev–Trinajstić information content (AvgIpc) is 1.99. The highest BCUT2D eigenvalue weighted by Gasteiger charge is 2.01. The third-order valence-electron chi connectivity index (χ3n) is 1.47. The van der Waals surface area contributed by atoms with Gasteiger partial charge < -0.3 is 5.32 Å². The number of rotatable bonds is 6. The van der Waals surface area contributed by atoms with Gasteiger partial charge in [-0.25, -0.2) is 0 Å². The molecule has 1 N–H and O–H groups in total. The van der Waals surface area contributed by atoms with Gasteiger partial charge in [0, 0.05) is 0 Å². The number of nitrogens with one attached hydrogen (secondary N) is 1. The third kappa shape index (κ3) is 4.50. The Labute approximate surface area is 63.0 Å². The summed E-state index contributed by atoms with van der Waals surface area (Å²) in [4.78, 5) is 10.1. The van der Waals surface area contributed by atoms with Crippen molar-refractivity contribution in [3.8, 4) is 0 Å². The first-order valence-corrected chi connectivity index (χ1v) is 3.96. The zero-order valence-corrected chi connectivity index (χ0v) is 6.81. The Kier molecular flexibility index (Phi) is 6.50. The highest BCUT2D eigenvalue weighted by Crippen LogP contribution is 1.88. The molecule has 0 aromatic carbocycles. The highest BCUT2D eigenvalue weighted by atomic mass is 16.1. The van der Waals surface area contributed by atoms with E-state index in [1.165, 1.54) is 6.42 Å². The maximum atomic E-state index is 10.1. The van der Waals surface area contributed by atoms with Crippen LogP contribution in [0.25, 0.3) is 0 Å². The molecule has 59 valence electrons. The van der Waals surface area contributed by atoms with Crippen LogP contribution in [0.3, 0.4) is 0 Å². The summed E-state index contributed by atoms with van der Waals surface area (Å²) >= 11 is 0. The van der Waals surface area contributed by atoms with Gasteiger partial charge in [-0.2, -0.15) is 0 Å². The Balaban J connectivity index is 3.17. The zero-order valence-electron chi connectivity index (χ0n) is 6.81. The average molecular weight is 142 g/mol. The van der Waals surface area contributed by atoms with Crippen molar-refractivity contribution in [2.75, 3.05) is 6.54 Å². The van der Waals surface area contributed by atoms with Crippen LogP contribution in [0.5, 0.6) is 0 Å². The van der Waals surface area contributed by atoms with E-state index < -0.39 is 0 Å². The van der Waals surface area contributed by atoms with Gasteiger partial charge in [-0.3, -0.25) is 4.79 Å². The molecule has 0 heterocycles. The van der Waals surface area contributed by atoms with Gasteiger partial charge in [-0.15, -0.1) is 0 Å². The van der Waals surface area contributed by atoms with Gasteiger partial charge >= 0.3 is 0 Å². The summed E-state index contributed by atoms with van der Waals surface area (Å²) in [6.07, 6.45) is 5.10. The zero-order chi connectivity index (χ0) is 7.82. The summed E-state index contributed by atoms with van der Waals surface area (Å²) in [7, 11) is 0. The largest absolute Gasteiger partial charge is 0.307 e. The molecular formula is C8H16NO. The van der Waals surface area contributed by atoms with E-state index in [2.05, 4.69) is 12.2 Å². The van der Waals surface area contributed by atoms with E-state index in [0.717, 1.165) is 19.4 Å². The molecule has 10 heavy (non-hydrogen) atoms. The molecule has 1 atom stereocenters. The summed E-state index contributed by atoms with van der Waals surface area (Å²) in [6.45, 7) is 5.05. The Morgan fingerprint density at radius 1 is 1.50 bits per heavy atom. The molecular weight excluding hydrogens is 126 g/mol. The SMILES string of the molecule is CCCCNC([C]=O)CC. The Hall–Kier alpha value is -0.370. The minimum atomic E-state index is -0.0495. The van der Waals surface area contributed by atoms with Crippen molar-refractivity contribution < 1.29 is 4.79 Å². The van der Waals surface area contributed by atoms with Gasteiger partial charge in [-0.05, 0) is 19.4 Å². The van der Waals surface area contributed by atoms with E-state index in [-0.39, 0.29) is 6.04 Å². The molecule has 1 radical (unpaired) electrons. The minimum Gasteiger partial charge on any atom is -0.307 e. The predicted molar refractivity (Wildman–Crippen MR) is 42.7 cm³/mol. The van der Waals surface area contributed by atoms with Crippen molar-refractivity contribution in [1.29, 1.82) is 0 Å². The molecule has 0 bridgehead atoms. The first-order valence-electron chi connectivity index (χ1n) is 3.96. The summed E-state index contributed by atoms with van der Waals surface area (Å²) in [5.41, 5.74) is 0. The van der Waals surface area contributed by atoms with Crippen LogP contribution in [0, 0.1) is 0 Å². The Morgan fingerprint density at radius 2 is 2.20 bits per heavy atom. The lowest BCUT2D eigenvalue weighted by atomic mass is 10.2. The van der Waals surface area contributed by atoms with Gasteiger partial charge in [0.1, 0.15) is 0 Å². The number of hydrogen-bond acceptors (Lipinski definition) is 2. The number of unbranched alkanes of at least 4 members (excludes halogenated alkanes) is 1. The third-order valence-corrected chi connectivity index (χ3v) is 1.47. The molecule has 0 rings (SSSR count). The second kappa shape index (κ2) is 6.75. The smallest absolute Gasteiger partial charge is 0.216 e. The second-order valence-electron chi connectivity index (χ2n) is 2.39. The molecule has 0 aliphatic rings. The van der Waals surface area contributed by atoms with E-state index in [1.54, 1.807) is 0 Å². The van der Waals surface area contributed by atoms with Gasteiger partial charge in [0.05, 0.1) is 6.04 Å². The molecule has 0 aromatic rings. The fourth-order valence-electron chi connectivity index (χ4n) is 0.722. The monoisotopic (exact) mass is 142 g/mol. The molecule has 1 unspecified atom stereocenters. The molecule has 0 amide bonds. The summed E-state index contributed by atoms with van der Waals surface area (Å²) in [5.74, 6) is 0. The van der Waals surface area contributed by atoms with Crippen LogP contribution in [-0.4, -0.2) is 18.9 Å². The van der Waals surface area contributed by atoms with Crippen LogP contribution in [0.4, 0.5) is 0 Å². The van der Waals surface area contributed by atoms with Crippen molar-refractivity contribution in [3.63, 3.8) is 0 Å². The molecule has 0 saturated carbocycles. The van der Waals surface area contributed by atoms with Gasteiger partial charge in [0.2, 0.25) is 6.29 Å². The quantitative estimate of drug-likeness (QED) is 0.566. The number of carbonyl (C=O) groups excluding carboxylic acids is 1. The lowest BCUT2D eigenvalue weighted by Gasteiger charge is -2.07. The molecule has 0 saturated heterocycles. The highest BCUT2D eigenvalue weighted by molar-refractivity contribution is 5.58. The summed E-state index contributed by atoms with van der Waals surface area (Å²) in [5, 5.41) is 3.10. The minimum absolute atomic E-state index is 0.0495. The second-order valence-corrected chi connectivity index (χ2v) is 2.39. The van der Waals surface area contributed by atoms with E-state index in [0.29, 0.717) is 0 Å². The van der Waals surface area contributed by atoms with Gasteiger partial charge in [-0.1, -0.05) is 20.3 Å². The summed E-state index contributed by atoms with van der Waals surface area (Å²) < 4.78 is 0. The Morgan fingerprint density at radius 3 is 2.60 bits per heavy atom. The molecule has 0 fully saturated rings. The van der Waals surface area contributed by atoms with Crippen molar-refractivity contribution >= 4 is 6.29 Å². The van der Waals surface area contributed by atoms with E-state index >= 15 is 0 Å². The van der Waals surface area contributed by atoms with Gasteiger partial charge in [0.15, 0.2) is 0 Å². The first-order chi connectivity index (χ1) is 4.85. The molecule has 2 nitrogen and oxygen atoms in total. The van der Waals surface area contributed by atoms with Crippen LogP contribution < -0.4 is 5.32 Å². The predicted octanol–water partition coefficient (Wildman–Crippen LogP) is 1.26. The van der Waals surface area contributed by atoms with Crippen molar-refractivity contribution in [1.82, 2.24) is 5.32 Å².